The topological polar surface area (TPSA) is 57.6 Å². The number of benzene rings is 1. The SMILES string of the molecule is CC(c1ccccc1O)N(C)S(=O)(=O)CC(C)(C)C. The first-order valence-electron chi connectivity index (χ1n) is 6.28. The summed E-state index contributed by atoms with van der Waals surface area (Å²) in [5.74, 6) is 0.196. The third-order valence-electron chi connectivity index (χ3n) is 2.99. The van der Waals surface area contributed by atoms with E-state index >= 15 is 0 Å². The van der Waals surface area contributed by atoms with E-state index in [1.807, 2.05) is 20.8 Å². The zero-order valence-electron chi connectivity index (χ0n) is 12.2. The number of rotatable bonds is 4. The third-order valence-corrected chi connectivity index (χ3v) is 5.41. The Balaban J connectivity index is 3.01. The van der Waals surface area contributed by atoms with E-state index in [4.69, 9.17) is 0 Å². The zero-order chi connectivity index (χ0) is 14.8. The highest BCUT2D eigenvalue weighted by Crippen LogP contribution is 2.30. The molecule has 0 amide bonds. The molecule has 1 aromatic rings. The molecule has 0 saturated carbocycles. The van der Waals surface area contributed by atoms with Crippen molar-refractivity contribution < 1.29 is 13.5 Å². The predicted octanol–water partition coefficient (Wildman–Crippen LogP) is 2.76. The molecule has 1 rings (SSSR count). The van der Waals surface area contributed by atoms with Gasteiger partial charge in [0.2, 0.25) is 10.0 Å². The Morgan fingerprint density at radius 1 is 1.26 bits per heavy atom. The Morgan fingerprint density at radius 3 is 2.26 bits per heavy atom. The van der Waals surface area contributed by atoms with Crippen molar-refractivity contribution in [2.45, 2.75) is 33.7 Å². The van der Waals surface area contributed by atoms with Crippen LogP contribution in [0.5, 0.6) is 5.75 Å². The summed E-state index contributed by atoms with van der Waals surface area (Å²) in [6.45, 7) is 7.45. The van der Waals surface area contributed by atoms with Crippen molar-refractivity contribution in [3.63, 3.8) is 0 Å². The van der Waals surface area contributed by atoms with Gasteiger partial charge in [0.15, 0.2) is 0 Å². The van der Waals surface area contributed by atoms with Crippen LogP contribution in [0, 0.1) is 5.41 Å². The highest BCUT2D eigenvalue weighted by molar-refractivity contribution is 7.89. The van der Waals surface area contributed by atoms with Gasteiger partial charge in [-0.3, -0.25) is 0 Å². The van der Waals surface area contributed by atoms with E-state index in [1.165, 1.54) is 4.31 Å². The highest BCUT2D eigenvalue weighted by atomic mass is 32.2. The Hall–Kier alpha value is -1.07. The first-order valence-corrected chi connectivity index (χ1v) is 7.89. The normalized spacial score (nSPS) is 14.6. The number of hydrogen-bond acceptors (Lipinski definition) is 3. The Labute approximate surface area is 116 Å². The minimum Gasteiger partial charge on any atom is -0.508 e. The molecule has 1 unspecified atom stereocenters. The number of nitrogens with zero attached hydrogens (tertiary/aromatic N) is 1. The van der Waals surface area contributed by atoms with E-state index in [1.54, 1.807) is 38.2 Å². The highest BCUT2D eigenvalue weighted by Gasteiger charge is 2.30. The molecule has 0 aromatic heterocycles. The molecular formula is C14H23NO3S. The Kier molecular flexibility index (Phi) is 4.63. The van der Waals surface area contributed by atoms with Crippen LogP contribution < -0.4 is 0 Å². The number of sulfonamides is 1. The number of aromatic hydroxyl groups is 1. The van der Waals surface area contributed by atoms with Gasteiger partial charge in [-0.15, -0.1) is 0 Å². The number of phenolic OH excluding ortho intramolecular Hbond substituents is 1. The first-order chi connectivity index (χ1) is 8.54. The first kappa shape index (κ1) is 16.0. The molecule has 0 aliphatic carbocycles. The molecule has 1 atom stereocenters. The van der Waals surface area contributed by atoms with Gasteiger partial charge in [-0.25, -0.2) is 8.42 Å². The maximum Gasteiger partial charge on any atom is 0.214 e. The van der Waals surface area contributed by atoms with Gasteiger partial charge >= 0.3 is 0 Å². The summed E-state index contributed by atoms with van der Waals surface area (Å²) in [4.78, 5) is 0. The summed E-state index contributed by atoms with van der Waals surface area (Å²) in [7, 11) is -1.81. The second kappa shape index (κ2) is 5.51. The fourth-order valence-corrected chi connectivity index (χ4v) is 3.82. The molecule has 4 nitrogen and oxygen atoms in total. The monoisotopic (exact) mass is 285 g/mol. The molecule has 0 saturated heterocycles. The second-order valence-corrected chi connectivity index (χ2v) is 8.10. The lowest BCUT2D eigenvalue weighted by Gasteiger charge is -2.28. The van der Waals surface area contributed by atoms with E-state index in [0.29, 0.717) is 5.56 Å². The van der Waals surface area contributed by atoms with Crippen LogP contribution >= 0.6 is 0 Å². The fraction of sp³-hybridized carbons (Fsp3) is 0.571. The van der Waals surface area contributed by atoms with Crippen LogP contribution in [-0.4, -0.2) is 30.6 Å². The summed E-state index contributed by atoms with van der Waals surface area (Å²) < 4.78 is 26.0. The summed E-state index contributed by atoms with van der Waals surface area (Å²) in [5, 5.41) is 9.81. The van der Waals surface area contributed by atoms with Crippen molar-refractivity contribution in [3.05, 3.63) is 29.8 Å². The van der Waals surface area contributed by atoms with Gasteiger partial charge in [-0.05, 0) is 18.4 Å². The van der Waals surface area contributed by atoms with Crippen molar-refractivity contribution in [1.82, 2.24) is 4.31 Å². The molecule has 1 N–H and O–H groups in total. The van der Waals surface area contributed by atoms with Crippen LogP contribution in [0.1, 0.15) is 39.3 Å². The molecule has 108 valence electrons. The average molecular weight is 285 g/mol. The molecule has 1 aromatic carbocycles. The van der Waals surface area contributed by atoms with E-state index in [-0.39, 0.29) is 16.9 Å². The van der Waals surface area contributed by atoms with Crippen LogP contribution in [0.25, 0.3) is 0 Å². The van der Waals surface area contributed by atoms with Crippen molar-refractivity contribution >= 4 is 10.0 Å². The second-order valence-electron chi connectivity index (χ2n) is 6.07. The largest absolute Gasteiger partial charge is 0.508 e. The summed E-state index contributed by atoms with van der Waals surface area (Å²) >= 11 is 0. The van der Waals surface area contributed by atoms with Gasteiger partial charge in [0.1, 0.15) is 5.75 Å². The predicted molar refractivity (Wildman–Crippen MR) is 77.5 cm³/mol. The fourth-order valence-electron chi connectivity index (χ4n) is 1.93. The van der Waals surface area contributed by atoms with Gasteiger partial charge < -0.3 is 5.11 Å². The summed E-state index contributed by atoms with van der Waals surface area (Å²) in [5.41, 5.74) is 0.313. The number of para-hydroxylation sites is 1. The van der Waals surface area contributed by atoms with Crippen LogP contribution in [0.4, 0.5) is 0 Å². The van der Waals surface area contributed by atoms with Crippen molar-refractivity contribution in [1.29, 1.82) is 0 Å². The molecule has 0 heterocycles. The van der Waals surface area contributed by atoms with Gasteiger partial charge in [0, 0.05) is 12.6 Å². The van der Waals surface area contributed by atoms with E-state index < -0.39 is 16.1 Å². The lowest BCUT2D eigenvalue weighted by atomic mass is 10.0. The van der Waals surface area contributed by atoms with Crippen LogP contribution in [0.2, 0.25) is 0 Å². The molecule has 0 aliphatic rings. The van der Waals surface area contributed by atoms with Crippen LogP contribution in [0.15, 0.2) is 24.3 Å². The van der Waals surface area contributed by atoms with Crippen LogP contribution in [0.3, 0.4) is 0 Å². The lowest BCUT2D eigenvalue weighted by molar-refractivity contribution is 0.367. The minimum absolute atomic E-state index is 0.0778. The van der Waals surface area contributed by atoms with Crippen LogP contribution in [-0.2, 0) is 10.0 Å². The van der Waals surface area contributed by atoms with Gasteiger partial charge in [0.25, 0.3) is 0 Å². The Bertz CT molecular complexity index is 532. The molecule has 0 fully saturated rings. The molecule has 0 aliphatic heterocycles. The standard InChI is InChI=1S/C14H23NO3S/c1-11(12-8-6-7-9-13(12)16)15(5)19(17,18)10-14(2,3)4/h6-9,11,16H,10H2,1-5H3. The maximum absolute atomic E-state index is 12.3. The Morgan fingerprint density at radius 2 is 1.79 bits per heavy atom. The summed E-state index contributed by atoms with van der Waals surface area (Å²) in [6.07, 6.45) is 0. The van der Waals surface area contributed by atoms with Gasteiger partial charge in [-0.2, -0.15) is 4.31 Å². The smallest absolute Gasteiger partial charge is 0.214 e. The molecule has 5 heteroatoms. The quantitative estimate of drug-likeness (QED) is 0.925. The lowest BCUT2D eigenvalue weighted by Crippen LogP contribution is -2.35. The van der Waals surface area contributed by atoms with E-state index in [9.17, 15) is 13.5 Å². The molecule has 0 spiro atoms. The number of hydrogen-bond donors (Lipinski definition) is 1. The third kappa shape index (κ3) is 4.21. The zero-order valence-corrected chi connectivity index (χ0v) is 13.0. The molecule has 19 heavy (non-hydrogen) atoms. The maximum atomic E-state index is 12.3. The summed E-state index contributed by atoms with van der Waals surface area (Å²) in [6, 6.07) is 6.41. The minimum atomic E-state index is -3.36. The molecule has 0 radical (unpaired) electrons. The average Bonchev–Trinajstić information content (AvgIpc) is 2.24. The van der Waals surface area contributed by atoms with Gasteiger partial charge in [-0.1, -0.05) is 39.0 Å². The van der Waals surface area contributed by atoms with Crippen molar-refractivity contribution in [2.75, 3.05) is 12.8 Å². The van der Waals surface area contributed by atoms with Crippen molar-refractivity contribution in [2.24, 2.45) is 5.41 Å². The molecule has 0 bridgehead atoms. The van der Waals surface area contributed by atoms with E-state index in [0.717, 1.165) is 0 Å². The molecular weight excluding hydrogens is 262 g/mol. The number of phenols is 1. The van der Waals surface area contributed by atoms with Gasteiger partial charge in [0.05, 0.1) is 11.8 Å². The van der Waals surface area contributed by atoms with E-state index in [2.05, 4.69) is 0 Å². The van der Waals surface area contributed by atoms with Crippen molar-refractivity contribution in [3.8, 4) is 5.75 Å².